The Bertz CT molecular complexity index is 806. The third-order valence-electron chi connectivity index (χ3n) is 3.95. The second-order valence-electron chi connectivity index (χ2n) is 5.29. The van der Waals surface area contributed by atoms with Gasteiger partial charge in [0, 0.05) is 10.9 Å². The Morgan fingerprint density at radius 3 is 3.14 bits per heavy atom. The van der Waals surface area contributed by atoms with E-state index in [1.165, 1.54) is 29.1 Å². The zero-order valence-corrected chi connectivity index (χ0v) is 13.0. The minimum atomic E-state index is -0.0168. The van der Waals surface area contributed by atoms with Gasteiger partial charge in [0.2, 0.25) is 0 Å². The number of H-pyrrole nitrogens is 1. The van der Waals surface area contributed by atoms with Crippen molar-refractivity contribution in [2.75, 3.05) is 6.54 Å². The van der Waals surface area contributed by atoms with Crippen LogP contribution < -0.4 is 5.56 Å². The fraction of sp³-hybridized carbons (Fsp3) is 0.333. The van der Waals surface area contributed by atoms with Crippen molar-refractivity contribution in [2.24, 2.45) is 0 Å². The number of rotatable bonds is 3. The number of hydrogen-bond donors (Lipinski definition) is 1. The first-order valence-corrected chi connectivity index (χ1v) is 8.81. The number of aromatic nitrogens is 2. The minimum Gasteiger partial charge on any atom is -0.308 e. The molecule has 1 fully saturated rings. The van der Waals surface area contributed by atoms with Crippen LogP contribution in [-0.4, -0.2) is 21.4 Å². The Morgan fingerprint density at radius 1 is 1.33 bits per heavy atom. The van der Waals surface area contributed by atoms with Gasteiger partial charge in [-0.05, 0) is 42.3 Å². The largest absolute Gasteiger partial charge is 0.308 e. The molecular weight excluding hydrogens is 302 g/mol. The van der Waals surface area contributed by atoms with Gasteiger partial charge in [0.1, 0.15) is 10.5 Å². The summed E-state index contributed by atoms with van der Waals surface area (Å²) < 4.78 is 0.718. The first-order valence-electron chi connectivity index (χ1n) is 7.05. The van der Waals surface area contributed by atoms with E-state index in [0.717, 1.165) is 22.6 Å². The molecule has 0 bridgehead atoms. The van der Waals surface area contributed by atoms with Gasteiger partial charge in [0.05, 0.1) is 12.1 Å². The molecule has 3 aromatic heterocycles. The van der Waals surface area contributed by atoms with Gasteiger partial charge < -0.3 is 4.98 Å². The van der Waals surface area contributed by atoms with Gasteiger partial charge in [-0.25, -0.2) is 4.98 Å². The van der Waals surface area contributed by atoms with Crippen molar-refractivity contribution in [3.8, 4) is 0 Å². The minimum absolute atomic E-state index is 0.0168. The van der Waals surface area contributed by atoms with Crippen LogP contribution in [0.5, 0.6) is 0 Å². The molecule has 1 saturated heterocycles. The Balaban J connectivity index is 1.63. The highest BCUT2D eigenvalue weighted by molar-refractivity contribution is 7.17. The first kappa shape index (κ1) is 13.2. The molecular formula is C15H15N3OS2. The van der Waals surface area contributed by atoms with Crippen molar-refractivity contribution >= 4 is 32.9 Å². The third-order valence-corrected chi connectivity index (χ3v) is 5.83. The summed E-state index contributed by atoms with van der Waals surface area (Å²) >= 11 is 3.26. The smallest absolute Gasteiger partial charge is 0.268 e. The molecule has 0 aromatic carbocycles. The van der Waals surface area contributed by atoms with Gasteiger partial charge >= 0.3 is 0 Å². The third kappa shape index (κ3) is 2.43. The van der Waals surface area contributed by atoms with Crippen LogP contribution in [0.4, 0.5) is 0 Å². The molecule has 3 aromatic rings. The van der Waals surface area contributed by atoms with Gasteiger partial charge in [-0.2, -0.15) is 0 Å². The van der Waals surface area contributed by atoms with Crippen molar-refractivity contribution in [3.63, 3.8) is 0 Å². The summed E-state index contributed by atoms with van der Waals surface area (Å²) in [6, 6.07) is 6.69. The number of fused-ring (bicyclic) bond motifs is 1. The second-order valence-corrected chi connectivity index (χ2v) is 7.19. The number of likely N-dealkylation sites (tertiary alicyclic amines) is 1. The summed E-state index contributed by atoms with van der Waals surface area (Å²) in [6.45, 7) is 1.78. The van der Waals surface area contributed by atoms with Crippen molar-refractivity contribution in [1.29, 1.82) is 0 Å². The topological polar surface area (TPSA) is 49.0 Å². The van der Waals surface area contributed by atoms with Crippen LogP contribution in [0.1, 0.15) is 29.6 Å². The lowest BCUT2D eigenvalue weighted by atomic mass is 10.2. The molecule has 0 radical (unpaired) electrons. The Morgan fingerprint density at radius 2 is 2.29 bits per heavy atom. The summed E-state index contributed by atoms with van der Waals surface area (Å²) in [5, 5.41) is 4.05. The summed E-state index contributed by atoms with van der Waals surface area (Å²) in [4.78, 5) is 23.4. The highest BCUT2D eigenvalue weighted by Crippen LogP contribution is 2.35. The van der Waals surface area contributed by atoms with Crippen molar-refractivity contribution < 1.29 is 0 Å². The normalized spacial score (nSPS) is 19.5. The highest BCUT2D eigenvalue weighted by Gasteiger charge is 2.27. The molecule has 0 aliphatic carbocycles. The summed E-state index contributed by atoms with van der Waals surface area (Å²) in [5.74, 6) is 0.773. The van der Waals surface area contributed by atoms with E-state index in [2.05, 4.69) is 32.4 Å². The van der Waals surface area contributed by atoms with Crippen molar-refractivity contribution in [2.45, 2.75) is 25.4 Å². The molecule has 4 heterocycles. The zero-order valence-electron chi connectivity index (χ0n) is 11.4. The van der Waals surface area contributed by atoms with Crippen molar-refractivity contribution in [1.82, 2.24) is 14.9 Å². The molecule has 1 aliphatic heterocycles. The fourth-order valence-corrected chi connectivity index (χ4v) is 4.63. The Hall–Kier alpha value is -1.50. The van der Waals surface area contributed by atoms with Crippen molar-refractivity contribution in [3.05, 3.63) is 50.0 Å². The van der Waals surface area contributed by atoms with E-state index in [9.17, 15) is 4.79 Å². The molecule has 1 N–H and O–H groups in total. The van der Waals surface area contributed by atoms with E-state index in [1.807, 2.05) is 22.8 Å². The average Bonchev–Trinajstić information content (AvgIpc) is 3.19. The number of nitrogens with one attached hydrogen (secondary N) is 1. The lowest BCUT2D eigenvalue weighted by Crippen LogP contribution is -2.25. The molecule has 1 aliphatic rings. The maximum Gasteiger partial charge on any atom is 0.268 e. The summed E-state index contributed by atoms with van der Waals surface area (Å²) in [5.41, 5.74) is 0.794. The van der Waals surface area contributed by atoms with E-state index in [-0.39, 0.29) is 5.56 Å². The molecule has 1 atom stereocenters. The van der Waals surface area contributed by atoms with E-state index in [1.54, 1.807) is 0 Å². The van der Waals surface area contributed by atoms with Gasteiger partial charge in [-0.1, -0.05) is 6.07 Å². The molecule has 21 heavy (non-hydrogen) atoms. The number of hydrogen-bond acceptors (Lipinski definition) is 5. The number of aromatic amines is 1. The first-order chi connectivity index (χ1) is 10.3. The SMILES string of the molecule is O=c1[nH]c(CN2CCC[C@H]2c2cccs2)nc2ccsc12. The van der Waals surface area contributed by atoms with Crippen LogP contribution in [0.15, 0.2) is 33.8 Å². The van der Waals surface area contributed by atoms with E-state index in [4.69, 9.17) is 0 Å². The second kappa shape index (κ2) is 5.36. The van der Waals surface area contributed by atoms with Crippen LogP contribution in [0, 0.1) is 0 Å². The summed E-state index contributed by atoms with van der Waals surface area (Å²) in [6.07, 6.45) is 2.39. The Labute approximate surface area is 130 Å². The average molecular weight is 317 g/mol. The predicted octanol–water partition coefficient (Wildman–Crippen LogP) is 3.38. The molecule has 6 heteroatoms. The van der Waals surface area contributed by atoms with Crippen LogP contribution in [0.3, 0.4) is 0 Å². The molecule has 0 spiro atoms. The fourth-order valence-electron chi connectivity index (χ4n) is 3.01. The van der Waals surface area contributed by atoms with Crippen LogP contribution in [0.2, 0.25) is 0 Å². The van der Waals surface area contributed by atoms with Crippen LogP contribution in [0.25, 0.3) is 10.2 Å². The maximum atomic E-state index is 12.0. The lowest BCUT2D eigenvalue weighted by molar-refractivity contribution is 0.245. The molecule has 4 rings (SSSR count). The molecule has 4 nitrogen and oxygen atoms in total. The van der Waals surface area contributed by atoms with Crippen LogP contribution in [-0.2, 0) is 6.54 Å². The van der Waals surface area contributed by atoms with Gasteiger partial charge in [-0.3, -0.25) is 9.69 Å². The van der Waals surface area contributed by atoms with Gasteiger partial charge in [0.15, 0.2) is 0 Å². The van der Waals surface area contributed by atoms with E-state index >= 15 is 0 Å². The summed E-state index contributed by atoms with van der Waals surface area (Å²) in [7, 11) is 0. The Kier molecular flexibility index (Phi) is 3.37. The highest BCUT2D eigenvalue weighted by atomic mass is 32.1. The zero-order chi connectivity index (χ0) is 14.2. The standard InChI is InChI=1S/C15H15N3OS2/c19-15-14-10(5-8-21-14)16-13(17-15)9-18-6-1-3-11(18)12-4-2-7-20-12/h2,4-5,7-8,11H,1,3,6,9H2,(H,16,17,19)/t11-/m0/s1. The van der Waals surface area contributed by atoms with Gasteiger partial charge in [0.25, 0.3) is 5.56 Å². The van der Waals surface area contributed by atoms with Crippen LogP contribution >= 0.6 is 22.7 Å². The predicted molar refractivity (Wildman–Crippen MR) is 86.9 cm³/mol. The monoisotopic (exact) mass is 317 g/mol. The molecule has 0 saturated carbocycles. The van der Waals surface area contributed by atoms with E-state index in [0.29, 0.717) is 12.6 Å². The lowest BCUT2D eigenvalue weighted by Gasteiger charge is -2.22. The molecule has 0 unspecified atom stereocenters. The number of nitrogens with zero attached hydrogens (tertiary/aromatic N) is 2. The van der Waals surface area contributed by atoms with Gasteiger partial charge in [-0.15, -0.1) is 22.7 Å². The number of thiophene rings is 2. The maximum absolute atomic E-state index is 12.0. The quantitative estimate of drug-likeness (QED) is 0.805. The van der Waals surface area contributed by atoms with E-state index < -0.39 is 0 Å². The molecule has 108 valence electrons. The molecule has 0 amide bonds.